The predicted molar refractivity (Wildman–Crippen MR) is 64.7 cm³/mol. The lowest BCUT2D eigenvalue weighted by Gasteiger charge is -2.14. The van der Waals surface area contributed by atoms with Crippen LogP contribution in [0.5, 0.6) is 0 Å². The number of nitrogens with one attached hydrogen (secondary N) is 1. The number of nitrogens with zero attached hydrogens (tertiary/aromatic N) is 2. The summed E-state index contributed by atoms with van der Waals surface area (Å²) in [7, 11) is 1.63. The Balaban J connectivity index is 2.55. The normalized spacial score (nSPS) is 9.89. The molecule has 0 spiro atoms. The standard InChI is InChI=1S/C10H13N3O4S/c1-3-13(2)7(14)4-11-8(15)9-12-6(5-18-9)10(16)17/h5H,3-4H2,1-2H3,(H,11,15)(H,16,17). The molecule has 7 nitrogen and oxygen atoms in total. The van der Waals surface area contributed by atoms with Crippen LogP contribution >= 0.6 is 11.3 Å². The minimum Gasteiger partial charge on any atom is -0.476 e. The molecule has 8 heteroatoms. The van der Waals surface area contributed by atoms with Crippen LogP contribution in [0.3, 0.4) is 0 Å². The Morgan fingerprint density at radius 3 is 2.67 bits per heavy atom. The van der Waals surface area contributed by atoms with Crippen molar-refractivity contribution in [3.8, 4) is 0 Å². The molecular weight excluding hydrogens is 258 g/mol. The van der Waals surface area contributed by atoms with Crippen molar-refractivity contribution < 1.29 is 19.5 Å². The van der Waals surface area contributed by atoms with Gasteiger partial charge in [0, 0.05) is 19.0 Å². The van der Waals surface area contributed by atoms with Crippen molar-refractivity contribution in [3.63, 3.8) is 0 Å². The summed E-state index contributed by atoms with van der Waals surface area (Å²) in [4.78, 5) is 38.7. The van der Waals surface area contributed by atoms with Crippen LogP contribution < -0.4 is 5.32 Å². The van der Waals surface area contributed by atoms with Crippen molar-refractivity contribution in [1.29, 1.82) is 0 Å². The summed E-state index contributed by atoms with van der Waals surface area (Å²) in [5, 5.41) is 12.3. The fourth-order valence-electron chi connectivity index (χ4n) is 1.02. The van der Waals surface area contributed by atoms with Crippen LogP contribution in [0.4, 0.5) is 0 Å². The zero-order valence-corrected chi connectivity index (χ0v) is 10.8. The molecule has 0 aliphatic heterocycles. The average molecular weight is 271 g/mol. The number of hydrogen-bond donors (Lipinski definition) is 2. The lowest BCUT2D eigenvalue weighted by Crippen LogP contribution is -2.37. The molecule has 0 aliphatic rings. The summed E-state index contributed by atoms with van der Waals surface area (Å²) in [6, 6.07) is 0. The summed E-state index contributed by atoms with van der Waals surface area (Å²) in [5.41, 5.74) is -0.179. The third-order valence-corrected chi connectivity index (χ3v) is 3.06. The van der Waals surface area contributed by atoms with E-state index in [0.717, 1.165) is 11.3 Å². The zero-order chi connectivity index (χ0) is 13.7. The van der Waals surface area contributed by atoms with E-state index in [1.807, 2.05) is 6.92 Å². The van der Waals surface area contributed by atoms with Gasteiger partial charge in [-0.2, -0.15) is 0 Å². The van der Waals surface area contributed by atoms with E-state index in [-0.39, 0.29) is 23.2 Å². The lowest BCUT2D eigenvalue weighted by molar-refractivity contribution is -0.128. The minimum absolute atomic E-state index is 0.0272. The van der Waals surface area contributed by atoms with Crippen LogP contribution in [0.1, 0.15) is 27.2 Å². The molecule has 0 saturated carbocycles. The van der Waals surface area contributed by atoms with Crippen LogP contribution in [0.2, 0.25) is 0 Å². The second-order valence-electron chi connectivity index (χ2n) is 3.43. The maximum absolute atomic E-state index is 11.6. The number of carbonyl (C=O) groups excluding carboxylic acids is 2. The van der Waals surface area contributed by atoms with E-state index in [0.29, 0.717) is 6.54 Å². The van der Waals surface area contributed by atoms with E-state index >= 15 is 0 Å². The Hall–Kier alpha value is -1.96. The van der Waals surface area contributed by atoms with E-state index in [1.165, 1.54) is 10.3 Å². The number of rotatable bonds is 5. The van der Waals surface area contributed by atoms with Crippen molar-refractivity contribution in [2.45, 2.75) is 6.92 Å². The number of thiazole rings is 1. The summed E-state index contributed by atoms with van der Waals surface area (Å²) in [6.45, 7) is 2.24. The molecule has 0 saturated heterocycles. The van der Waals surface area contributed by atoms with E-state index < -0.39 is 11.9 Å². The van der Waals surface area contributed by atoms with Gasteiger partial charge in [0.1, 0.15) is 0 Å². The van der Waals surface area contributed by atoms with Gasteiger partial charge >= 0.3 is 5.97 Å². The van der Waals surface area contributed by atoms with Gasteiger partial charge in [0.25, 0.3) is 5.91 Å². The number of carboxylic acid groups (broad SMARTS) is 1. The van der Waals surface area contributed by atoms with Crippen LogP contribution in [-0.2, 0) is 4.79 Å². The largest absolute Gasteiger partial charge is 0.476 e. The van der Waals surface area contributed by atoms with Gasteiger partial charge in [-0.15, -0.1) is 11.3 Å². The van der Waals surface area contributed by atoms with E-state index in [2.05, 4.69) is 10.3 Å². The summed E-state index contributed by atoms with van der Waals surface area (Å²) >= 11 is 0.923. The molecule has 0 bridgehead atoms. The SMILES string of the molecule is CCN(C)C(=O)CNC(=O)c1nc(C(=O)O)cs1. The predicted octanol–water partition coefficient (Wildman–Crippen LogP) is 0.0494. The number of carboxylic acids is 1. The van der Waals surface area contributed by atoms with E-state index in [1.54, 1.807) is 7.05 Å². The molecule has 2 N–H and O–H groups in total. The molecule has 1 rings (SSSR count). The van der Waals surface area contributed by atoms with E-state index in [9.17, 15) is 14.4 Å². The molecule has 0 aromatic carbocycles. The monoisotopic (exact) mass is 271 g/mol. The van der Waals surface area contributed by atoms with E-state index in [4.69, 9.17) is 5.11 Å². The van der Waals surface area contributed by atoms with Crippen LogP contribution in [0.15, 0.2) is 5.38 Å². The molecule has 0 fully saturated rings. The Morgan fingerprint density at radius 2 is 2.17 bits per heavy atom. The Bertz CT molecular complexity index is 471. The van der Waals surface area contributed by atoms with Crippen molar-refractivity contribution in [1.82, 2.24) is 15.2 Å². The average Bonchev–Trinajstić information content (AvgIpc) is 2.84. The number of hydrogen-bond acceptors (Lipinski definition) is 5. The summed E-state index contributed by atoms with van der Waals surface area (Å²) < 4.78 is 0. The first-order valence-corrected chi connectivity index (χ1v) is 6.04. The number of amides is 2. The van der Waals surface area contributed by atoms with Crippen molar-refractivity contribution >= 4 is 29.1 Å². The minimum atomic E-state index is -1.19. The molecule has 1 aromatic heterocycles. The highest BCUT2D eigenvalue weighted by molar-refractivity contribution is 7.11. The first-order valence-electron chi connectivity index (χ1n) is 5.16. The molecule has 18 heavy (non-hydrogen) atoms. The highest BCUT2D eigenvalue weighted by atomic mass is 32.1. The summed E-state index contributed by atoms with van der Waals surface area (Å²) in [5.74, 6) is -1.96. The van der Waals surface area contributed by atoms with Gasteiger partial charge in [0.15, 0.2) is 10.7 Å². The third kappa shape index (κ3) is 3.52. The number of carbonyl (C=O) groups is 3. The van der Waals surface area contributed by atoms with Gasteiger partial charge in [-0.25, -0.2) is 9.78 Å². The Kier molecular flexibility index (Phi) is 4.78. The lowest BCUT2D eigenvalue weighted by atomic mass is 10.4. The highest BCUT2D eigenvalue weighted by Gasteiger charge is 2.16. The first kappa shape index (κ1) is 14.1. The van der Waals surface area contributed by atoms with Gasteiger partial charge in [-0.3, -0.25) is 9.59 Å². The molecule has 0 atom stereocenters. The molecule has 0 aliphatic carbocycles. The van der Waals surface area contributed by atoms with Crippen LogP contribution in [-0.4, -0.2) is 52.9 Å². The first-order chi connectivity index (χ1) is 8.45. The van der Waals surface area contributed by atoms with Gasteiger partial charge < -0.3 is 15.3 Å². The van der Waals surface area contributed by atoms with Crippen LogP contribution in [0.25, 0.3) is 0 Å². The molecule has 2 amide bonds. The summed E-state index contributed by atoms with van der Waals surface area (Å²) in [6.07, 6.45) is 0. The molecule has 98 valence electrons. The number of aromatic carboxylic acids is 1. The Morgan fingerprint density at radius 1 is 1.50 bits per heavy atom. The van der Waals surface area contributed by atoms with Crippen molar-refractivity contribution in [3.05, 3.63) is 16.1 Å². The number of aromatic nitrogens is 1. The zero-order valence-electron chi connectivity index (χ0n) is 9.97. The number of likely N-dealkylation sites (N-methyl/N-ethyl adjacent to an activating group) is 1. The fourth-order valence-corrected chi connectivity index (χ4v) is 1.73. The van der Waals surface area contributed by atoms with Gasteiger partial charge in [0.05, 0.1) is 6.54 Å². The highest BCUT2D eigenvalue weighted by Crippen LogP contribution is 2.09. The molecule has 0 unspecified atom stereocenters. The van der Waals surface area contributed by atoms with Crippen molar-refractivity contribution in [2.24, 2.45) is 0 Å². The van der Waals surface area contributed by atoms with Gasteiger partial charge in [-0.05, 0) is 6.92 Å². The molecule has 1 aromatic rings. The Labute approximate surface area is 107 Å². The van der Waals surface area contributed by atoms with Gasteiger partial charge in [0.2, 0.25) is 5.91 Å². The fraction of sp³-hybridized carbons (Fsp3) is 0.400. The second kappa shape index (κ2) is 6.10. The molecule has 1 heterocycles. The topological polar surface area (TPSA) is 99.6 Å². The maximum Gasteiger partial charge on any atom is 0.355 e. The quantitative estimate of drug-likeness (QED) is 0.788. The van der Waals surface area contributed by atoms with Gasteiger partial charge in [-0.1, -0.05) is 0 Å². The van der Waals surface area contributed by atoms with Crippen LogP contribution in [0, 0.1) is 0 Å². The maximum atomic E-state index is 11.6. The second-order valence-corrected chi connectivity index (χ2v) is 4.29. The smallest absolute Gasteiger partial charge is 0.355 e. The molecular formula is C10H13N3O4S. The molecule has 0 radical (unpaired) electrons. The van der Waals surface area contributed by atoms with Crippen molar-refractivity contribution in [2.75, 3.05) is 20.1 Å². The third-order valence-electron chi connectivity index (χ3n) is 2.22.